The van der Waals surface area contributed by atoms with Crippen LogP contribution in [0.3, 0.4) is 0 Å². The van der Waals surface area contributed by atoms with Crippen LogP contribution in [0.4, 0.5) is 11.5 Å². The number of nitrogens with zero attached hydrogens (tertiary/aromatic N) is 1. The summed E-state index contributed by atoms with van der Waals surface area (Å²) in [5.41, 5.74) is 3.50. The van der Waals surface area contributed by atoms with E-state index in [1.807, 2.05) is 36.9 Å². The number of fused-ring (bicyclic) bond motifs is 2. The van der Waals surface area contributed by atoms with Crippen molar-refractivity contribution in [2.24, 2.45) is 0 Å². The molecule has 0 radical (unpaired) electrons. The van der Waals surface area contributed by atoms with E-state index in [2.05, 4.69) is 59.2 Å². The predicted octanol–water partition coefficient (Wildman–Crippen LogP) is 6.40. The molecule has 5 heteroatoms. The van der Waals surface area contributed by atoms with Crippen LogP contribution in [0.15, 0.2) is 76.0 Å². The van der Waals surface area contributed by atoms with Crippen molar-refractivity contribution in [2.75, 3.05) is 16.4 Å². The lowest BCUT2D eigenvalue weighted by atomic mass is 10.0. The first-order valence-corrected chi connectivity index (χ1v) is 10.9. The molecule has 4 aromatic rings. The molecule has 1 unspecified atom stereocenters. The number of anilines is 2. The first-order chi connectivity index (χ1) is 14.3. The zero-order valence-electron chi connectivity index (χ0n) is 16.3. The number of rotatable bonds is 5. The molecule has 29 heavy (non-hydrogen) atoms. The third-order valence-electron chi connectivity index (χ3n) is 5.26. The Balaban J connectivity index is 1.38. The summed E-state index contributed by atoms with van der Waals surface area (Å²) in [5, 5.41) is 8.26. The Morgan fingerprint density at radius 2 is 1.97 bits per heavy atom. The molecule has 1 atom stereocenters. The molecular weight excluding hydrogens is 378 g/mol. The van der Waals surface area contributed by atoms with Gasteiger partial charge in [-0.2, -0.15) is 0 Å². The smallest absolute Gasteiger partial charge is 0.127 e. The number of aromatic nitrogens is 1. The van der Waals surface area contributed by atoms with Crippen molar-refractivity contribution in [1.82, 2.24) is 4.98 Å². The summed E-state index contributed by atoms with van der Waals surface area (Å²) < 4.78 is 5.62. The van der Waals surface area contributed by atoms with Crippen LogP contribution in [0.1, 0.15) is 29.5 Å². The van der Waals surface area contributed by atoms with Gasteiger partial charge >= 0.3 is 0 Å². The number of nitrogens with one attached hydrogen (secondary N) is 2. The molecular formula is C24H23N3OS. The Morgan fingerprint density at radius 3 is 2.86 bits per heavy atom. The maximum Gasteiger partial charge on any atom is 0.127 e. The quantitative estimate of drug-likeness (QED) is 0.405. The van der Waals surface area contributed by atoms with Crippen molar-refractivity contribution in [1.29, 1.82) is 0 Å². The van der Waals surface area contributed by atoms with Gasteiger partial charge in [0.2, 0.25) is 0 Å². The Kier molecular flexibility index (Phi) is 4.90. The highest BCUT2D eigenvalue weighted by atomic mass is 32.2. The highest BCUT2D eigenvalue weighted by molar-refractivity contribution is 7.99. The molecule has 3 heterocycles. The van der Waals surface area contributed by atoms with Crippen LogP contribution in [0.25, 0.3) is 10.9 Å². The van der Waals surface area contributed by atoms with Gasteiger partial charge in [-0.15, -0.1) is 11.8 Å². The molecule has 2 aromatic heterocycles. The summed E-state index contributed by atoms with van der Waals surface area (Å²) in [6, 6.07) is 23.5. The number of hydrogen-bond acceptors (Lipinski definition) is 5. The van der Waals surface area contributed by atoms with Crippen molar-refractivity contribution in [3.63, 3.8) is 0 Å². The van der Waals surface area contributed by atoms with Gasteiger partial charge in [0.15, 0.2) is 0 Å². The van der Waals surface area contributed by atoms with Crippen LogP contribution in [-0.4, -0.2) is 10.7 Å². The largest absolute Gasteiger partial charge is 0.465 e. The number of aryl methyl sites for hydroxylation is 1. The lowest BCUT2D eigenvalue weighted by molar-refractivity contribution is 0.490. The molecule has 1 aliphatic rings. The number of hydrogen-bond donors (Lipinski definition) is 2. The highest BCUT2D eigenvalue weighted by Crippen LogP contribution is 2.38. The first-order valence-electron chi connectivity index (χ1n) is 9.93. The summed E-state index contributed by atoms with van der Waals surface area (Å²) in [6.07, 6.45) is 1.12. The number of benzene rings is 2. The van der Waals surface area contributed by atoms with Crippen LogP contribution in [0, 0.1) is 6.92 Å². The van der Waals surface area contributed by atoms with E-state index in [4.69, 9.17) is 9.40 Å². The molecule has 146 valence electrons. The van der Waals surface area contributed by atoms with E-state index in [9.17, 15) is 0 Å². The fourth-order valence-electron chi connectivity index (χ4n) is 3.82. The van der Waals surface area contributed by atoms with Gasteiger partial charge < -0.3 is 15.1 Å². The third kappa shape index (κ3) is 3.83. The van der Waals surface area contributed by atoms with E-state index >= 15 is 0 Å². The maximum atomic E-state index is 5.62. The summed E-state index contributed by atoms with van der Waals surface area (Å²) in [6.45, 7) is 2.58. The molecule has 0 saturated carbocycles. The minimum atomic E-state index is 0.332. The van der Waals surface area contributed by atoms with Gasteiger partial charge in [-0.25, -0.2) is 4.98 Å². The number of furan rings is 1. The molecule has 0 spiro atoms. The van der Waals surface area contributed by atoms with Gasteiger partial charge in [0.05, 0.1) is 18.1 Å². The Morgan fingerprint density at radius 1 is 1.03 bits per heavy atom. The first kappa shape index (κ1) is 18.1. The summed E-state index contributed by atoms with van der Waals surface area (Å²) in [4.78, 5) is 6.18. The number of thioether (sulfide) groups is 1. The van der Waals surface area contributed by atoms with Crippen molar-refractivity contribution in [3.05, 3.63) is 83.8 Å². The van der Waals surface area contributed by atoms with Crippen LogP contribution in [0.2, 0.25) is 0 Å². The van der Waals surface area contributed by atoms with E-state index < -0.39 is 0 Å². The minimum absolute atomic E-state index is 0.332. The van der Waals surface area contributed by atoms with Crippen molar-refractivity contribution in [2.45, 2.75) is 30.8 Å². The van der Waals surface area contributed by atoms with Gasteiger partial charge in [0.25, 0.3) is 0 Å². The lowest BCUT2D eigenvalue weighted by Crippen LogP contribution is -2.16. The molecule has 4 nitrogen and oxygen atoms in total. The van der Waals surface area contributed by atoms with Gasteiger partial charge in [0.1, 0.15) is 17.3 Å². The summed E-state index contributed by atoms with van der Waals surface area (Å²) in [5.74, 6) is 3.82. The molecule has 1 aliphatic heterocycles. The van der Waals surface area contributed by atoms with Gasteiger partial charge in [-0.1, -0.05) is 24.3 Å². The van der Waals surface area contributed by atoms with E-state index in [0.29, 0.717) is 12.6 Å². The molecule has 0 saturated heterocycles. The normalized spacial score (nSPS) is 15.8. The van der Waals surface area contributed by atoms with Crippen LogP contribution >= 0.6 is 11.8 Å². The Bertz CT molecular complexity index is 1150. The van der Waals surface area contributed by atoms with E-state index in [-0.39, 0.29) is 0 Å². The fraction of sp³-hybridized carbons (Fsp3) is 0.208. The highest BCUT2D eigenvalue weighted by Gasteiger charge is 2.20. The SMILES string of the molecule is Cc1ccc(CNc2ccc3c(NC4CCSc5ccccc54)cccc3n2)o1. The second-order valence-electron chi connectivity index (χ2n) is 7.31. The van der Waals surface area contributed by atoms with E-state index in [1.54, 1.807) is 0 Å². The lowest BCUT2D eigenvalue weighted by Gasteiger charge is -2.27. The van der Waals surface area contributed by atoms with Crippen LogP contribution < -0.4 is 10.6 Å². The minimum Gasteiger partial charge on any atom is -0.465 e. The molecule has 0 aliphatic carbocycles. The van der Waals surface area contributed by atoms with Gasteiger partial charge in [0, 0.05) is 21.7 Å². The van der Waals surface area contributed by atoms with Gasteiger partial charge in [-0.05, 0) is 61.4 Å². The molecule has 0 amide bonds. The average Bonchev–Trinajstić information content (AvgIpc) is 3.18. The molecule has 0 fully saturated rings. The third-order valence-corrected chi connectivity index (χ3v) is 6.38. The van der Waals surface area contributed by atoms with E-state index in [0.717, 1.165) is 46.1 Å². The topological polar surface area (TPSA) is 50.1 Å². The summed E-state index contributed by atoms with van der Waals surface area (Å²) >= 11 is 1.95. The molecule has 0 bridgehead atoms. The zero-order valence-corrected chi connectivity index (χ0v) is 17.1. The van der Waals surface area contributed by atoms with Crippen LogP contribution in [-0.2, 0) is 6.54 Å². The van der Waals surface area contributed by atoms with Crippen LogP contribution in [0.5, 0.6) is 0 Å². The monoisotopic (exact) mass is 401 g/mol. The van der Waals surface area contributed by atoms with Crippen molar-refractivity contribution >= 4 is 34.2 Å². The van der Waals surface area contributed by atoms with Gasteiger partial charge in [-0.3, -0.25) is 0 Å². The Labute approximate surface area is 174 Å². The summed E-state index contributed by atoms with van der Waals surface area (Å²) in [7, 11) is 0. The molecule has 2 aromatic carbocycles. The Hall–Kier alpha value is -2.92. The second kappa shape index (κ2) is 7.84. The number of pyridine rings is 1. The second-order valence-corrected chi connectivity index (χ2v) is 8.44. The average molecular weight is 402 g/mol. The molecule has 5 rings (SSSR count). The molecule has 2 N–H and O–H groups in total. The predicted molar refractivity (Wildman–Crippen MR) is 121 cm³/mol. The van der Waals surface area contributed by atoms with Crippen molar-refractivity contribution in [3.8, 4) is 0 Å². The van der Waals surface area contributed by atoms with E-state index in [1.165, 1.54) is 10.5 Å². The standard InChI is InChI=1S/C24H23N3OS/c1-16-9-10-17(28-16)15-25-24-12-11-18-20(6-4-7-21(18)27-24)26-22-13-14-29-23-8-3-2-5-19(22)23/h2-12,22,26H,13-15H2,1H3,(H,25,27). The fourth-order valence-corrected chi connectivity index (χ4v) is 4.94. The zero-order chi connectivity index (χ0) is 19.6. The van der Waals surface area contributed by atoms with Crippen molar-refractivity contribution < 1.29 is 4.42 Å². The maximum absolute atomic E-state index is 5.62.